The normalized spacial score (nSPS) is 11.8. The number of amides is 2. The second-order valence-corrected chi connectivity index (χ2v) is 2.99. The third-order valence-corrected chi connectivity index (χ3v) is 1.63. The van der Waals surface area contributed by atoms with Gasteiger partial charge >= 0.3 is 0 Å². The van der Waals surface area contributed by atoms with Gasteiger partial charge in [-0.15, -0.1) is 0 Å². The number of hydrogen-bond acceptors (Lipinski definition) is 3. The van der Waals surface area contributed by atoms with Crippen LogP contribution in [0.2, 0.25) is 0 Å². The Hall–Kier alpha value is -1.39. The summed E-state index contributed by atoms with van der Waals surface area (Å²) in [6, 6.07) is -0.721. The van der Waals surface area contributed by atoms with Crippen molar-refractivity contribution in [3.8, 4) is 0 Å². The lowest BCUT2D eigenvalue weighted by Crippen LogP contribution is -2.36. The van der Waals surface area contributed by atoms with Crippen molar-refractivity contribution in [2.75, 3.05) is 0 Å². The molecule has 0 bridgehead atoms. The van der Waals surface area contributed by atoms with E-state index in [0.29, 0.717) is 12.8 Å². The van der Waals surface area contributed by atoms with Crippen LogP contribution in [-0.2, 0) is 14.4 Å². The van der Waals surface area contributed by atoms with Gasteiger partial charge in [-0.2, -0.15) is 0 Å². The number of rotatable bonds is 7. The minimum absolute atomic E-state index is 0.0757. The maximum atomic E-state index is 11.1. The van der Waals surface area contributed by atoms with Crippen LogP contribution in [0.25, 0.3) is 0 Å². The summed E-state index contributed by atoms with van der Waals surface area (Å²) in [5, 5.41) is 2.45. The molecule has 0 saturated heterocycles. The highest BCUT2D eigenvalue weighted by Gasteiger charge is 2.12. The summed E-state index contributed by atoms with van der Waals surface area (Å²) in [5.41, 5.74) is 4.90. The second-order valence-electron chi connectivity index (χ2n) is 2.99. The molecule has 2 amide bonds. The Labute approximate surface area is 83.0 Å². The number of carbonyl (C=O) groups is 2. The molecule has 5 nitrogen and oxygen atoms in total. The summed E-state index contributed by atoms with van der Waals surface area (Å²) in [6.07, 6.45) is 3.03. The fourth-order valence-corrected chi connectivity index (χ4v) is 0.941. The van der Waals surface area contributed by atoms with E-state index in [1.165, 1.54) is 0 Å². The van der Waals surface area contributed by atoms with E-state index in [9.17, 15) is 14.4 Å². The number of nitrogens with one attached hydrogen (secondary N) is 1. The zero-order valence-electron chi connectivity index (χ0n) is 8.21. The molecule has 1 atom stereocenters. The average molecular weight is 199 g/mol. The van der Waals surface area contributed by atoms with Gasteiger partial charge in [0.1, 0.15) is 0 Å². The Morgan fingerprint density at radius 1 is 1.43 bits per heavy atom. The van der Waals surface area contributed by atoms with Crippen molar-refractivity contribution in [3.63, 3.8) is 0 Å². The Balaban J connectivity index is 3.84. The first-order chi connectivity index (χ1) is 6.60. The molecule has 5 heteroatoms. The van der Waals surface area contributed by atoms with Gasteiger partial charge in [0.05, 0.1) is 6.04 Å². The lowest BCUT2D eigenvalue weighted by molar-refractivity contribution is -0.122. The van der Waals surface area contributed by atoms with Gasteiger partial charge in [-0.25, -0.2) is 0 Å². The first kappa shape index (κ1) is 12.6. The highest BCUT2D eigenvalue weighted by molar-refractivity contribution is 5.80. The molecule has 0 saturated carbocycles. The molecule has 0 aromatic heterocycles. The lowest BCUT2D eigenvalue weighted by Gasteiger charge is -2.10. The van der Waals surface area contributed by atoms with Gasteiger partial charge in [0, 0.05) is 12.8 Å². The van der Waals surface area contributed by atoms with Crippen molar-refractivity contribution in [2.24, 2.45) is 5.73 Å². The van der Waals surface area contributed by atoms with Crippen LogP contribution in [0.1, 0.15) is 32.6 Å². The topological polar surface area (TPSA) is 89.3 Å². The SMILES string of the molecule is CCCC(=O)N[C@@H]([C]=O)CCC(N)=O. The Bertz CT molecular complexity index is 216. The lowest BCUT2D eigenvalue weighted by atomic mass is 10.1. The van der Waals surface area contributed by atoms with Crippen molar-refractivity contribution in [3.05, 3.63) is 0 Å². The van der Waals surface area contributed by atoms with Crippen LogP contribution in [0.4, 0.5) is 0 Å². The predicted octanol–water partition coefficient (Wildman–Crippen LogP) is -0.353. The van der Waals surface area contributed by atoms with Gasteiger partial charge in [0.25, 0.3) is 0 Å². The molecule has 14 heavy (non-hydrogen) atoms. The van der Waals surface area contributed by atoms with Crippen LogP contribution in [0.5, 0.6) is 0 Å². The number of primary amides is 1. The van der Waals surface area contributed by atoms with E-state index >= 15 is 0 Å². The minimum atomic E-state index is -0.721. The summed E-state index contributed by atoms with van der Waals surface area (Å²) in [5.74, 6) is -0.694. The molecule has 0 fully saturated rings. The minimum Gasteiger partial charge on any atom is -0.370 e. The second kappa shape index (κ2) is 7.06. The van der Waals surface area contributed by atoms with Crippen molar-refractivity contribution >= 4 is 18.1 Å². The van der Waals surface area contributed by atoms with Crippen molar-refractivity contribution in [2.45, 2.75) is 38.6 Å². The number of nitrogens with two attached hydrogens (primary N) is 1. The van der Waals surface area contributed by atoms with E-state index in [4.69, 9.17) is 5.73 Å². The van der Waals surface area contributed by atoms with Gasteiger partial charge in [-0.1, -0.05) is 6.92 Å². The molecule has 1 radical (unpaired) electrons. The van der Waals surface area contributed by atoms with E-state index in [1.54, 1.807) is 6.29 Å². The predicted molar refractivity (Wildman–Crippen MR) is 51.0 cm³/mol. The summed E-state index contributed by atoms with van der Waals surface area (Å²) >= 11 is 0. The van der Waals surface area contributed by atoms with Crippen LogP contribution in [0, 0.1) is 0 Å². The average Bonchev–Trinajstić information content (AvgIpc) is 2.12. The smallest absolute Gasteiger partial charge is 0.222 e. The molecule has 0 aliphatic rings. The van der Waals surface area contributed by atoms with E-state index in [1.807, 2.05) is 6.92 Å². The van der Waals surface area contributed by atoms with Crippen LogP contribution in [0.3, 0.4) is 0 Å². The van der Waals surface area contributed by atoms with Crippen LogP contribution >= 0.6 is 0 Å². The van der Waals surface area contributed by atoms with Crippen molar-refractivity contribution in [1.82, 2.24) is 5.32 Å². The largest absolute Gasteiger partial charge is 0.370 e. The van der Waals surface area contributed by atoms with Crippen molar-refractivity contribution < 1.29 is 14.4 Å². The molecule has 0 unspecified atom stereocenters. The van der Waals surface area contributed by atoms with Crippen LogP contribution in [0.15, 0.2) is 0 Å². The third kappa shape index (κ3) is 6.16. The van der Waals surface area contributed by atoms with E-state index in [2.05, 4.69) is 5.32 Å². The Kier molecular flexibility index (Phi) is 6.36. The maximum absolute atomic E-state index is 11.1. The molecular formula is C9H15N2O3. The highest BCUT2D eigenvalue weighted by atomic mass is 16.2. The fourth-order valence-electron chi connectivity index (χ4n) is 0.941. The van der Waals surface area contributed by atoms with Gasteiger partial charge in [0.2, 0.25) is 18.1 Å². The summed E-state index contributed by atoms with van der Waals surface area (Å²) < 4.78 is 0. The molecule has 0 heterocycles. The summed E-state index contributed by atoms with van der Waals surface area (Å²) in [4.78, 5) is 31.8. The molecule has 0 spiro atoms. The van der Waals surface area contributed by atoms with Gasteiger partial charge in [-0.3, -0.25) is 14.4 Å². The summed E-state index contributed by atoms with van der Waals surface area (Å²) in [6.45, 7) is 1.86. The van der Waals surface area contributed by atoms with Gasteiger partial charge in [0.15, 0.2) is 0 Å². The zero-order chi connectivity index (χ0) is 11.0. The summed E-state index contributed by atoms with van der Waals surface area (Å²) in [7, 11) is 0. The van der Waals surface area contributed by atoms with Gasteiger partial charge < -0.3 is 11.1 Å². The molecule has 0 rings (SSSR count). The third-order valence-electron chi connectivity index (χ3n) is 1.63. The quantitative estimate of drug-likeness (QED) is 0.587. The standard InChI is InChI=1S/C9H15N2O3/c1-2-3-9(14)11-7(6-12)4-5-8(10)13/h7H,2-5H2,1H3,(H2,10,13)(H,11,14)/t7-/m1/s1. The molecule has 0 aromatic rings. The molecule has 79 valence electrons. The highest BCUT2D eigenvalue weighted by Crippen LogP contribution is 1.95. The molecule has 0 aliphatic heterocycles. The molecular weight excluding hydrogens is 184 g/mol. The van der Waals surface area contributed by atoms with Crippen LogP contribution in [-0.4, -0.2) is 24.1 Å². The number of hydrogen-bond donors (Lipinski definition) is 2. The van der Waals surface area contributed by atoms with E-state index in [-0.39, 0.29) is 18.7 Å². The van der Waals surface area contributed by atoms with Crippen molar-refractivity contribution in [1.29, 1.82) is 0 Å². The molecule has 0 aliphatic carbocycles. The first-order valence-corrected chi connectivity index (χ1v) is 4.55. The first-order valence-electron chi connectivity index (χ1n) is 4.55. The maximum Gasteiger partial charge on any atom is 0.222 e. The van der Waals surface area contributed by atoms with Crippen LogP contribution < -0.4 is 11.1 Å². The molecule has 3 N–H and O–H groups in total. The fraction of sp³-hybridized carbons (Fsp3) is 0.667. The Morgan fingerprint density at radius 2 is 2.07 bits per heavy atom. The van der Waals surface area contributed by atoms with Gasteiger partial charge in [-0.05, 0) is 12.8 Å². The number of carbonyl (C=O) groups excluding carboxylic acids is 3. The monoisotopic (exact) mass is 199 g/mol. The Morgan fingerprint density at radius 3 is 2.50 bits per heavy atom. The molecule has 0 aromatic carbocycles. The van der Waals surface area contributed by atoms with E-state index in [0.717, 1.165) is 0 Å². The zero-order valence-corrected chi connectivity index (χ0v) is 8.21. The van der Waals surface area contributed by atoms with E-state index < -0.39 is 11.9 Å².